The van der Waals surface area contributed by atoms with Gasteiger partial charge in [0.2, 0.25) is 5.95 Å². The van der Waals surface area contributed by atoms with Crippen LogP contribution in [0, 0.1) is 25.2 Å². The third-order valence-corrected chi connectivity index (χ3v) is 4.25. The molecule has 0 atom stereocenters. The Morgan fingerprint density at radius 2 is 1.81 bits per heavy atom. The fraction of sp³-hybridized carbons (Fsp3) is 0.200. The van der Waals surface area contributed by atoms with Crippen molar-refractivity contribution in [2.45, 2.75) is 13.8 Å². The monoisotopic (exact) mass is 359 g/mol. The molecule has 0 fully saturated rings. The molecule has 3 rings (SSSR count). The molecule has 2 aromatic heterocycles. The van der Waals surface area contributed by atoms with Crippen LogP contribution in [0.2, 0.25) is 0 Å². The Labute approximate surface area is 158 Å². The molecule has 0 unspecified atom stereocenters. The van der Waals surface area contributed by atoms with Crippen LogP contribution < -0.4 is 16.4 Å². The molecular formula is C20H21N7. The number of nitrogens with two attached hydrogens (primary N) is 1. The number of anilines is 3. The summed E-state index contributed by atoms with van der Waals surface area (Å²) in [6.07, 6.45) is 1.54. The minimum absolute atomic E-state index is 0.234. The van der Waals surface area contributed by atoms with Crippen LogP contribution in [0.25, 0.3) is 11.3 Å². The lowest BCUT2D eigenvalue weighted by Crippen LogP contribution is -2.15. The van der Waals surface area contributed by atoms with Gasteiger partial charge in [0.05, 0.1) is 11.3 Å². The molecule has 0 spiro atoms. The summed E-state index contributed by atoms with van der Waals surface area (Å²) in [5, 5.41) is 15.2. The van der Waals surface area contributed by atoms with E-state index < -0.39 is 0 Å². The highest BCUT2D eigenvalue weighted by molar-refractivity contribution is 5.68. The molecule has 0 amide bonds. The molecule has 0 bridgehead atoms. The first-order valence-electron chi connectivity index (χ1n) is 8.62. The second-order valence-corrected chi connectivity index (χ2v) is 6.14. The highest BCUT2D eigenvalue weighted by Gasteiger charge is 2.08. The number of aryl methyl sites for hydroxylation is 1. The van der Waals surface area contributed by atoms with Crippen LogP contribution in [0.4, 0.5) is 17.6 Å². The Morgan fingerprint density at radius 1 is 1.04 bits per heavy atom. The van der Waals surface area contributed by atoms with Gasteiger partial charge in [0.15, 0.2) is 0 Å². The average Bonchev–Trinajstić information content (AvgIpc) is 2.67. The minimum Gasteiger partial charge on any atom is -0.368 e. The number of nitrogen functional groups attached to an aromatic ring is 1. The smallest absolute Gasteiger partial charge is 0.222 e. The molecule has 0 aliphatic rings. The highest BCUT2D eigenvalue weighted by Crippen LogP contribution is 2.25. The number of hydrogen-bond donors (Lipinski definition) is 3. The van der Waals surface area contributed by atoms with Crippen molar-refractivity contribution in [2.24, 2.45) is 0 Å². The third-order valence-electron chi connectivity index (χ3n) is 4.25. The zero-order chi connectivity index (χ0) is 19.2. The van der Waals surface area contributed by atoms with Gasteiger partial charge in [-0.3, -0.25) is 0 Å². The van der Waals surface area contributed by atoms with Crippen LogP contribution in [0.5, 0.6) is 0 Å². The number of nitrogens with zero attached hydrogens (tertiary/aromatic N) is 4. The van der Waals surface area contributed by atoms with E-state index >= 15 is 0 Å². The maximum absolute atomic E-state index is 8.79. The predicted molar refractivity (Wildman–Crippen MR) is 107 cm³/mol. The third kappa shape index (κ3) is 4.50. The van der Waals surface area contributed by atoms with Crippen molar-refractivity contribution in [3.8, 4) is 17.3 Å². The van der Waals surface area contributed by atoms with E-state index in [0.29, 0.717) is 30.3 Å². The Morgan fingerprint density at radius 3 is 2.52 bits per heavy atom. The van der Waals surface area contributed by atoms with E-state index in [4.69, 9.17) is 11.0 Å². The Bertz CT molecular complexity index is 975. The van der Waals surface area contributed by atoms with Gasteiger partial charge in [0, 0.05) is 30.9 Å². The van der Waals surface area contributed by atoms with Gasteiger partial charge in [-0.05, 0) is 37.1 Å². The molecule has 1 aromatic carbocycles. The number of pyridine rings is 1. The number of rotatable bonds is 6. The number of aromatic nitrogens is 3. The molecule has 4 N–H and O–H groups in total. The van der Waals surface area contributed by atoms with Crippen LogP contribution in [0.3, 0.4) is 0 Å². The first-order chi connectivity index (χ1) is 13.1. The maximum Gasteiger partial charge on any atom is 0.222 e. The molecule has 27 heavy (non-hydrogen) atoms. The summed E-state index contributed by atoms with van der Waals surface area (Å²) in [5.41, 5.74) is 10.7. The van der Waals surface area contributed by atoms with Crippen molar-refractivity contribution in [1.29, 1.82) is 5.26 Å². The van der Waals surface area contributed by atoms with Crippen molar-refractivity contribution >= 4 is 17.6 Å². The lowest BCUT2D eigenvalue weighted by Gasteiger charge is -2.12. The van der Waals surface area contributed by atoms with Crippen LogP contribution >= 0.6 is 0 Å². The van der Waals surface area contributed by atoms with Gasteiger partial charge in [-0.2, -0.15) is 10.2 Å². The first kappa shape index (κ1) is 18.1. The summed E-state index contributed by atoms with van der Waals surface area (Å²) < 4.78 is 0. The molecule has 2 heterocycles. The van der Waals surface area contributed by atoms with Crippen LogP contribution in [-0.4, -0.2) is 28.0 Å². The standard InChI is InChI=1S/C20H21N7/c1-13-4-3-5-16(14(13)2)17-10-19(27-20(22)26-17)24-9-8-23-18-7-6-15(11-21)12-25-18/h3-7,10,12H,8-9H2,1-2H3,(H,23,25)(H3,22,24,26,27). The Balaban J connectivity index is 1.64. The van der Waals surface area contributed by atoms with E-state index in [9.17, 15) is 0 Å². The van der Waals surface area contributed by atoms with Crippen LogP contribution in [0.15, 0.2) is 42.6 Å². The predicted octanol–water partition coefficient (Wildman–Crippen LogP) is 3.13. The van der Waals surface area contributed by atoms with Gasteiger partial charge < -0.3 is 16.4 Å². The zero-order valence-electron chi connectivity index (χ0n) is 15.3. The molecular weight excluding hydrogens is 338 g/mol. The van der Waals surface area contributed by atoms with Crippen molar-refractivity contribution in [2.75, 3.05) is 29.5 Å². The van der Waals surface area contributed by atoms with Crippen molar-refractivity contribution in [1.82, 2.24) is 15.0 Å². The number of nitriles is 1. The van der Waals surface area contributed by atoms with Crippen molar-refractivity contribution in [3.63, 3.8) is 0 Å². The van der Waals surface area contributed by atoms with Gasteiger partial charge in [-0.25, -0.2) is 9.97 Å². The second kappa shape index (κ2) is 8.15. The van der Waals surface area contributed by atoms with Crippen LogP contribution in [-0.2, 0) is 0 Å². The van der Waals surface area contributed by atoms with Gasteiger partial charge in [0.1, 0.15) is 17.7 Å². The van der Waals surface area contributed by atoms with E-state index in [0.717, 1.165) is 11.3 Å². The Hall–Kier alpha value is -3.66. The molecule has 136 valence electrons. The highest BCUT2D eigenvalue weighted by atomic mass is 15.1. The SMILES string of the molecule is Cc1cccc(-c2cc(NCCNc3ccc(C#N)cn3)nc(N)n2)c1C. The van der Waals surface area contributed by atoms with Crippen molar-refractivity contribution < 1.29 is 0 Å². The summed E-state index contributed by atoms with van der Waals surface area (Å²) in [6.45, 7) is 5.42. The molecule has 0 radical (unpaired) electrons. The maximum atomic E-state index is 8.79. The molecule has 7 heteroatoms. The molecule has 7 nitrogen and oxygen atoms in total. The van der Waals surface area contributed by atoms with Crippen LogP contribution in [0.1, 0.15) is 16.7 Å². The quantitative estimate of drug-likeness (QED) is 0.580. The molecule has 0 aliphatic heterocycles. The molecule has 0 aliphatic carbocycles. The van der Waals surface area contributed by atoms with Crippen molar-refractivity contribution in [3.05, 3.63) is 59.3 Å². The number of benzene rings is 1. The lowest BCUT2D eigenvalue weighted by atomic mass is 10.0. The topological polar surface area (TPSA) is 113 Å². The summed E-state index contributed by atoms with van der Waals surface area (Å²) in [5.74, 6) is 1.62. The molecule has 3 aromatic rings. The van der Waals surface area contributed by atoms with E-state index in [-0.39, 0.29) is 5.95 Å². The average molecular weight is 359 g/mol. The minimum atomic E-state index is 0.234. The molecule has 0 saturated heterocycles. The fourth-order valence-electron chi connectivity index (χ4n) is 2.67. The van der Waals surface area contributed by atoms with E-state index in [2.05, 4.69) is 45.5 Å². The van der Waals surface area contributed by atoms with E-state index in [1.807, 2.05) is 24.3 Å². The lowest BCUT2D eigenvalue weighted by molar-refractivity contribution is 1.04. The van der Waals surface area contributed by atoms with Gasteiger partial charge in [-0.15, -0.1) is 0 Å². The fourth-order valence-corrected chi connectivity index (χ4v) is 2.67. The van der Waals surface area contributed by atoms with Gasteiger partial charge >= 0.3 is 0 Å². The Kier molecular flexibility index (Phi) is 5.47. The van der Waals surface area contributed by atoms with Gasteiger partial charge in [-0.1, -0.05) is 18.2 Å². The summed E-state index contributed by atoms with van der Waals surface area (Å²) in [6, 6.07) is 13.6. The van der Waals surface area contributed by atoms with Gasteiger partial charge in [0.25, 0.3) is 0 Å². The number of hydrogen-bond acceptors (Lipinski definition) is 7. The summed E-state index contributed by atoms with van der Waals surface area (Å²) >= 11 is 0. The summed E-state index contributed by atoms with van der Waals surface area (Å²) in [4.78, 5) is 12.8. The molecule has 0 saturated carbocycles. The van der Waals surface area contributed by atoms with E-state index in [1.165, 1.54) is 17.3 Å². The first-order valence-corrected chi connectivity index (χ1v) is 8.62. The summed E-state index contributed by atoms with van der Waals surface area (Å²) in [7, 11) is 0. The normalized spacial score (nSPS) is 10.3. The zero-order valence-corrected chi connectivity index (χ0v) is 15.3. The second-order valence-electron chi connectivity index (χ2n) is 6.14. The van der Waals surface area contributed by atoms with E-state index in [1.54, 1.807) is 12.1 Å². The largest absolute Gasteiger partial charge is 0.368 e. The number of nitrogens with one attached hydrogen (secondary N) is 2.